The quantitative estimate of drug-likeness (QED) is 0.583. The molecular weight excluding hydrogens is 360 g/mol. The fourth-order valence-corrected chi connectivity index (χ4v) is 3.21. The number of para-hydroxylation sites is 2. The lowest BCUT2D eigenvalue weighted by Crippen LogP contribution is -2.48. The Balaban J connectivity index is 1.50. The molecule has 3 rings (SSSR count). The zero-order valence-corrected chi connectivity index (χ0v) is 15.8. The SMILES string of the molecule is CCOc1ccccc1N1CCN(CC(=O)Nc2ccc([N+](=O)[O-])cc2)CC1. The summed E-state index contributed by atoms with van der Waals surface area (Å²) in [5, 5.41) is 13.5. The van der Waals surface area contributed by atoms with Crippen molar-refractivity contribution in [3.05, 3.63) is 58.6 Å². The number of nitro benzene ring substituents is 1. The van der Waals surface area contributed by atoms with Gasteiger partial charge in [0.1, 0.15) is 5.75 Å². The molecule has 1 saturated heterocycles. The molecule has 8 nitrogen and oxygen atoms in total. The molecule has 1 heterocycles. The number of piperazine rings is 1. The Morgan fingerprint density at radius 2 is 1.79 bits per heavy atom. The van der Waals surface area contributed by atoms with Crippen LogP contribution in [0.4, 0.5) is 17.1 Å². The van der Waals surface area contributed by atoms with Crippen LogP contribution in [0.5, 0.6) is 5.75 Å². The van der Waals surface area contributed by atoms with Gasteiger partial charge in [-0.15, -0.1) is 0 Å². The van der Waals surface area contributed by atoms with Crippen LogP contribution < -0.4 is 15.0 Å². The Morgan fingerprint density at radius 3 is 2.43 bits per heavy atom. The molecule has 1 fully saturated rings. The minimum atomic E-state index is -0.464. The van der Waals surface area contributed by atoms with Gasteiger partial charge >= 0.3 is 0 Å². The third-order valence-corrected chi connectivity index (χ3v) is 4.61. The molecule has 0 spiro atoms. The van der Waals surface area contributed by atoms with E-state index in [4.69, 9.17) is 4.74 Å². The smallest absolute Gasteiger partial charge is 0.269 e. The van der Waals surface area contributed by atoms with Crippen molar-refractivity contribution in [2.24, 2.45) is 0 Å². The predicted octanol–water partition coefficient (Wildman–Crippen LogP) is 2.75. The zero-order chi connectivity index (χ0) is 19.9. The Hall–Kier alpha value is -3.13. The molecule has 1 amide bonds. The third kappa shape index (κ3) is 4.98. The number of nitro groups is 1. The average Bonchev–Trinajstić information content (AvgIpc) is 2.70. The number of amides is 1. The number of ether oxygens (including phenoxy) is 1. The number of carbonyl (C=O) groups excluding carboxylic acids is 1. The molecule has 0 bridgehead atoms. The summed E-state index contributed by atoms with van der Waals surface area (Å²) in [6.07, 6.45) is 0. The minimum Gasteiger partial charge on any atom is -0.492 e. The molecule has 0 radical (unpaired) electrons. The number of rotatable bonds is 7. The van der Waals surface area contributed by atoms with Crippen LogP contribution in [0.25, 0.3) is 0 Å². The maximum Gasteiger partial charge on any atom is 0.269 e. The number of hydrogen-bond donors (Lipinski definition) is 1. The van der Waals surface area contributed by atoms with E-state index in [-0.39, 0.29) is 18.1 Å². The molecule has 1 N–H and O–H groups in total. The highest BCUT2D eigenvalue weighted by molar-refractivity contribution is 5.92. The highest BCUT2D eigenvalue weighted by Crippen LogP contribution is 2.28. The van der Waals surface area contributed by atoms with Crippen LogP contribution >= 0.6 is 0 Å². The summed E-state index contributed by atoms with van der Waals surface area (Å²) in [4.78, 5) is 26.9. The van der Waals surface area contributed by atoms with Gasteiger partial charge in [-0.05, 0) is 31.2 Å². The molecule has 0 unspecified atom stereocenters. The second-order valence-electron chi connectivity index (χ2n) is 6.52. The van der Waals surface area contributed by atoms with Gasteiger partial charge < -0.3 is 15.0 Å². The van der Waals surface area contributed by atoms with E-state index in [1.165, 1.54) is 12.1 Å². The van der Waals surface area contributed by atoms with Crippen molar-refractivity contribution in [3.63, 3.8) is 0 Å². The second-order valence-corrected chi connectivity index (χ2v) is 6.52. The van der Waals surface area contributed by atoms with Crippen molar-refractivity contribution in [1.29, 1.82) is 0 Å². The number of non-ortho nitro benzene ring substituents is 1. The van der Waals surface area contributed by atoms with Crippen molar-refractivity contribution < 1.29 is 14.5 Å². The minimum absolute atomic E-state index is 0.00135. The van der Waals surface area contributed by atoms with Gasteiger partial charge in [-0.1, -0.05) is 12.1 Å². The summed E-state index contributed by atoms with van der Waals surface area (Å²) in [5.41, 5.74) is 1.64. The zero-order valence-electron chi connectivity index (χ0n) is 15.8. The number of benzene rings is 2. The first-order valence-electron chi connectivity index (χ1n) is 9.30. The van der Waals surface area contributed by atoms with Gasteiger partial charge in [-0.3, -0.25) is 19.8 Å². The lowest BCUT2D eigenvalue weighted by atomic mass is 10.2. The first kappa shape index (κ1) is 19.6. The second kappa shape index (κ2) is 9.18. The monoisotopic (exact) mass is 384 g/mol. The average molecular weight is 384 g/mol. The van der Waals surface area contributed by atoms with Crippen LogP contribution in [0, 0.1) is 10.1 Å². The Bertz CT molecular complexity index is 817. The Labute approximate surface area is 163 Å². The van der Waals surface area contributed by atoms with Gasteiger partial charge in [-0.2, -0.15) is 0 Å². The normalized spacial score (nSPS) is 14.5. The van der Waals surface area contributed by atoms with Gasteiger partial charge in [-0.25, -0.2) is 0 Å². The van der Waals surface area contributed by atoms with Crippen LogP contribution in [0.3, 0.4) is 0 Å². The summed E-state index contributed by atoms with van der Waals surface area (Å²) in [7, 11) is 0. The molecule has 0 saturated carbocycles. The van der Waals surface area contributed by atoms with E-state index in [0.717, 1.165) is 37.6 Å². The summed E-state index contributed by atoms with van der Waals surface area (Å²) in [5.74, 6) is 0.756. The maximum absolute atomic E-state index is 12.3. The van der Waals surface area contributed by atoms with Crippen molar-refractivity contribution in [2.75, 3.05) is 49.5 Å². The molecule has 2 aromatic carbocycles. The molecule has 8 heteroatoms. The molecule has 148 valence electrons. The van der Waals surface area contributed by atoms with E-state index in [2.05, 4.69) is 21.2 Å². The summed E-state index contributed by atoms with van der Waals surface area (Å²) >= 11 is 0. The summed E-state index contributed by atoms with van der Waals surface area (Å²) in [6, 6.07) is 13.8. The topological polar surface area (TPSA) is 88.0 Å². The van der Waals surface area contributed by atoms with E-state index in [1.807, 2.05) is 25.1 Å². The van der Waals surface area contributed by atoms with E-state index in [0.29, 0.717) is 12.3 Å². The fourth-order valence-electron chi connectivity index (χ4n) is 3.21. The number of anilines is 2. The van der Waals surface area contributed by atoms with Crippen molar-refractivity contribution in [1.82, 2.24) is 4.90 Å². The Kier molecular flexibility index (Phi) is 6.44. The highest BCUT2D eigenvalue weighted by atomic mass is 16.6. The molecule has 1 aliphatic rings. The molecule has 0 aliphatic carbocycles. The number of nitrogens with one attached hydrogen (secondary N) is 1. The molecular formula is C20H24N4O4. The van der Waals surface area contributed by atoms with Crippen LogP contribution in [-0.4, -0.2) is 55.1 Å². The van der Waals surface area contributed by atoms with Crippen LogP contribution in [0.15, 0.2) is 48.5 Å². The van der Waals surface area contributed by atoms with Gasteiger partial charge in [0.25, 0.3) is 5.69 Å². The van der Waals surface area contributed by atoms with E-state index < -0.39 is 4.92 Å². The van der Waals surface area contributed by atoms with Gasteiger partial charge in [0.2, 0.25) is 5.91 Å². The number of carbonyl (C=O) groups is 1. The molecule has 0 atom stereocenters. The van der Waals surface area contributed by atoms with Crippen LogP contribution in [-0.2, 0) is 4.79 Å². The van der Waals surface area contributed by atoms with Gasteiger partial charge in [0.15, 0.2) is 0 Å². The highest BCUT2D eigenvalue weighted by Gasteiger charge is 2.21. The number of nitrogens with zero attached hydrogens (tertiary/aromatic N) is 3. The van der Waals surface area contributed by atoms with Crippen LogP contribution in [0.2, 0.25) is 0 Å². The Morgan fingerprint density at radius 1 is 1.11 bits per heavy atom. The first-order valence-corrected chi connectivity index (χ1v) is 9.30. The third-order valence-electron chi connectivity index (χ3n) is 4.61. The first-order chi connectivity index (χ1) is 13.6. The number of hydrogen-bond acceptors (Lipinski definition) is 6. The lowest BCUT2D eigenvalue weighted by Gasteiger charge is -2.36. The van der Waals surface area contributed by atoms with Crippen molar-refractivity contribution >= 4 is 23.0 Å². The summed E-state index contributed by atoms with van der Waals surface area (Å²) < 4.78 is 5.71. The molecule has 2 aromatic rings. The van der Waals surface area contributed by atoms with E-state index in [9.17, 15) is 14.9 Å². The molecule has 28 heavy (non-hydrogen) atoms. The van der Waals surface area contributed by atoms with Gasteiger partial charge in [0, 0.05) is 44.0 Å². The molecule has 1 aliphatic heterocycles. The predicted molar refractivity (Wildman–Crippen MR) is 108 cm³/mol. The largest absolute Gasteiger partial charge is 0.492 e. The van der Waals surface area contributed by atoms with Crippen LogP contribution in [0.1, 0.15) is 6.92 Å². The maximum atomic E-state index is 12.3. The van der Waals surface area contributed by atoms with Gasteiger partial charge in [0.05, 0.1) is 23.8 Å². The summed E-state index contributed by atoms with van der Waals surface area (Å²) in [6.45, 7) is 6.06. The van der Waals surface area contributed by atoms with Crippen molar-refractivity contribution in [2.45, 2.75) is 6.92 Å². The van der Waals surface area contributed by atoms with E-state index >= 15 is 0 Å². The lowest BCUT2D eigenvalue weighted by molar-refractivity contribution is -0.384. The molecule has 0 aromatic heterocycles. The van der Waals surface area contributed by atoms with Crippen molar-refractivity contribution in [3.8, 4) is 5.75 Å². The fraction of sp³-hybridized carbons (Fsp3) is 0.350. The standard InChI is InChI=1S/C20H24N4O4/c1-2-28-19-6-4-3-5-18(19)23-13-11-22(12-14-23)15-20(25)21-16-7-9-17(10-8-16)24(26)27/h3-10H,2,11-15H2,1H3,(H,21,25). The van der Waals surface area contributed by atoms with E-state index in [1.54, 1.807) is 12.1 Å².